The molecule has 0 atom stereocenters. The van der Waals surface area contributed by atoms with Crippen molar-refractivity contribution in [2.45, 2.75) is 52.2 Å². The van der Waals surface area contributed by atoms with E-state index in [1.807, 2.05) is 38.5 Å². The van der Waals surface area contributed by atoms with Gasteiger partial charge in [-0.2, -0.15) is 10.2 Å². The molecule has 1 aliphatic carbocycles. The maximum absolute atomic E-state index is 14.1. The van der Waals surface area contributed by atoms with Crippen molar-refractivity contribution in [2.24, 2.45) is 7.05 Å². The van der Waals surface area contributed by atoms with Crippen molar-refractivity contribution in [2.75, 3.05) is 18.8 Å². The lowest BCUT2D eigenvalue weighted by Crippen LogP contribution is -2.41. The third-order valence-corrected chi connectivity index (χ3v) is 9.27. The van der Waals surface area contributed by atoms with Crippen LogP contribution in [0, 0.1) is 12.7 Å². The molecule has 5 aromatic rings. The van der Waals surface area contributed by atoms with Crippen molar-refractivity contribution in [1.82, 2.24) is 24.5 Å². The number of nitrogen functional groups attached to an aromatic ring is 1. The van der Waals surface area contributed by atoms with Crippen molar-refractivity contribution in [3.8, 4) is 34.1 Å². The molecule has 48 heavy (non-hydrogen) atoms. The second-order valence-electron chi connectivity index (χ2n) is 12.9. The van der Waals surface area contributed by atoms with E-state index in [1.165, 1.54) is 16.9 Å². The summed E-state index contributed by atoms with van der Waals surface area (Å²) in [5.74, 6) is 1.09. The van der Waals surface area contributed by atoms with E-state index in [0.717, 1.165) is 59.5 Å². The van der Waals surface area contributed by atoms with Crippen molar-refractivity contribution < 1.29 is 18.7 Å². The van der Waals surface area contributed by atoms with Crippen LogP contribution in [0.5, 0.6) is 17.2 Å². The zero-order chi connectivity index (χ0) is 33.5. The highest BCUT2D eigenvalue weighted by atomic mass is 19.1. The number of halogens is 1. The summed E-state index contributed by atoms with van der Waals surface area (Å²) in [6.07, 6.45) is 9.81. The number of rotatable bonds is 9. The highest BCUT2D eigenvalue weighted by Gasteiger charge is 2.28. The Bertz CT molecular complexity index is 2040. The molecule has 0 saturated carbocycles. The van der Waals surface area contributed by atoms with Gasteiger partial charge in [-0.25, -0.2) is 9.07 Å². The molecule has 1 aliphatic heterocycles. The van der Waals surface area contributed by atoms with Crippen LogP contribution in [0.25, 0.3) is 22.9 Å². The van der Waals surface area contributed by atoms with Gasteiger partial charge in [0.05, 0.1) is 23.6 Å². The predicted molar refractivity (Wildman–Crippen MR) is 184 cm³/mol. The Morgan fingerprint density at radius 3 is 2.50 bits per heavy atom. The molecule has 2 aromatic heterocycles. The molecule has 2 aliphatic rings. The van der Waals surface area contributed by atoms with Gasteiger partial charge in [0.1, 0.15) is 23.4 Å². The Labute approximate surface area is 279 Å². The molecule has 10 heteroatoms. The van der Waals surface area contributed by atoms with E-state index in [9.17, 15) is 9.18 Å². The minimum Gasteiger partial charge on any atom is -0.490 e. The maximum atomic E-state index is 14.1. The van der Waals surface area contributed by atoms with Gasteiger partial charge in [0.25, 0.3) is 0 Å². The van der Waals surface area contributed by atoms with E-state index >= 15 is 0 Å². The molecule has 9 nitrogen and oxygen atoms in total. The number of para-hydroxylation sites is 1. The minimum absolute atomic E-state index is 0.120. The summed E-state index contributed by atoms with van der Waals surface area (Å²) in [7, 11) is 1.90. The van der Waals surface area contributed by atoms with Crippen LogP contribution in [0.15, 0.2) is 78.8 Å². The molecule has 0 amide bonds. The molecular formula is C38H39FN6O3. The fourth-order valence-corrected chi connectivity index (χ4v) is 6.53. The number of benzene rings is 3. The first-order chi connectivity index (χ1) is 23.1. The van der Waals surface area contributed by atoms with Crippen molar-refractivity contribution in [3.05, 3.63) is 107 Å². The second-order valence-corrected chi connectivity index (χ2v) is 12.9. The lowest BCUT2D eigenvalue weighted by Gasteiger charge is -2.35. The van der Waals surface area contributed by atoms with Gasteiger partial charge in [-0.3, -0.25) is 9.48 Å². The van der Waals surface area contributed by atoms with Crippen molar-refractivity contribution >= 4 is 17.7 Å². The largest absolute Gasteiger partial charge is 0.490 e. The first-order valence-corrected chi connectivity index (χ1v) is 16.3. The molecule has 0 bridgehead atoms. The average Bonchev–Trinajstić information content (AvgIpc) is 3.80. The first kappa shape index (κ1) is 31.4. The number of carbonyl (C=O) groups is 1. The van der Waals surface area contributed by atoms with E-state index < -0.39 is 5.82 Å². The maximum Gasteiger partial charge on any atom is 0.194 e. The standard InChI is InChI=1S/C38H39FN6O3/c1-23(2)44-13-11-30(12-14-44)47-36-19-26-17-27(16-25(26)18-31(36)28-20-41-43(4)22-28)37(46)32-21-42-45(38(32)40)29-9-10-34(24(3)15-29)48-35-8-6-5-7-33(35)39/h5-10,15,17-23,30H,11-14,16,40H2,1-4H3. The Morgan fingerprint density at radius 1 is 1.00 bits per heavy atom. The molecular weight excluding hydrogens is 607 g/mol. The number of allylic oxidation sites excluding steroid dienone is 1. The van der Waals surface area contributed by atoms with Gasteiger partial charge in [0.15, 0.2) is 17.3 Å². The number of ether oxygens (including phenoxy) is 2. The Kier molecular flexibility index (Phi) is 8.35. The molecule has 2 N–H and O–H groups in total. The second kappa shape index (κ2) is 12.8. The summed E-state index contributed by atoms with van der Waals surface area (Å²) in [5, 5.41) is 8.86. The fourth-order valence-electron chi connectivity index (χ4n) is 6.53. The third-order valence-electron chi connectivity index (χ3n) is 9.27. The normalized spacial score (nSPS) is 15.1. The summed E-state index contributed by atoms with van der Waals surface area (Å²) >= 11 is 0. The molecule has 1 saturated heterocycles. The summed E-state index contributed by atoms with van der Waals surface area (Å²) in [6.45, 7) is 8.34. The van der Waals surface area contributed by atoms with Gasteiger partial charge in [0, 0.05) is 55.5 Å². The number of likely N-dealkylation sites (tertiary alicyclic amines) is 1. The number of nitrogens with zero attached hydrogens (tertiary/aromatic N) is 5. The highest BCUT2D eigenvalue weighted by molar-refractivity contribution is 6.15. The number of Topliss-reactive ketones (excluding diaryl/α,β-unsaturated/α-hetero) is 1. The molecule has 0 spiro atoms. The number of anilines is 1. The number of piperidine rings is 1. The molecule has 7 rings (SSSR count). The lowest BCUT2D eigenvalue weighted by molar-refractivity contribution is 0.0846. The molecule has 1 fully saturated rings. The molecule has 3 heterocycles. The van der Waals surface area contributed by atoms with Crippen molar-refractivity contribution in [1.29, 1.82) is 0 Å². The molecule has 246 valence electrons. The quantitative estimate of drug-likeness (QED) is 0.170. The van der Waals surface area contributed by atoms with Crippen molar-refractivity contribution in [3.63, 3.8) is 0 Å². The van der Waals surface area contributed by atoms with Crippen LogP contribution in [0.3, 0.4) is 0 Å². The van der Waals surface area contributed by atoms with E-state index in [1.54, 1.807) is 35.0 Å². The van der Waals surface area contributed by atoms with E-state index in [0.29, 0.717) is 35.0 Å². The van der Waals surface area contributed by atoms with E-state index in [-0.39, 0.29) is 23.5 Å². The number of hydrogen-bond donors (Lipinski definition) is 1. The van der Waals surface area contributed by atoms with Crippen LogP contribution < -0.4 is 15.2 Å². The number of aryl methyl sites for hydroxylation is 2. The number of nitrogens with two attached hydrogens (primary N) is 1. The third kappa shape index (κ3) is 6.11. The van der Waals surface area contributed by atoms with Gasteiger partial charge in [0.2, 0.25) is 0 Å². The van der Waals surface area contributed by atoms with Crippen LogP contribution in [0.4, 0.5) is 10.2 Å². The average molecular weight is 647 g/mol. The number of fused-ring (bicyclic) bond motifs is 1. The smallest absolute Gasteiger partial charge is 0.194 e. The SMILES string of the molecule is Cc1cc(-n2ncc(C(=O)C3=Cc4cc(OC5CCN(C(C)C)CC5)c(-c5cnn(C)c5)cc4C3)c2N)ccc1Oc1ccccc1F. The van der Waals surface area contributed by atoms with Crippen LogP contribution in [-0.2, 0) is 13.5 Å². The highest BCUT2D eigenvalue weighted by Crippen LogP contribution is 2.39. The van der Waals surface area contributed by atoms with Gasteiger partial charge in [-0.15, -0.1) is 0 Å². The number of aromatic nitrogens is 4. The summed E-state index contributed by atoms with van der Waals surface area (Å²) in [4.78, 5) is 16.4. The Balaban J connectivity index is 1.12. The van der Waals surface area contributed by atoms with Gasteiger partial charge in [-0.1, -0.05) is 12.1 Å². The Hall–Kier alpha value is -5.22. The van der Waals surface area contributed by atoms with Crippen LogP contribution in [-0.4, -0.2) is 55.5 Å². The topological polar surface area (TPSA) is 100 Å². The zero-order valence-corrected chi connectivity index (χ0v) is 27.6. The summed E-state index contributed by atoms with van der Waals surface area (Å²) in [6, 6.07) is 16.3. The first-order valence-electron chi connectivity index (χ1n) is 16.3. The molecule has 0 radical (unpaired) electrons. The monoisotopic (exact) mass is 646 g/mol. The van der Waals surface area contributed by atoms with Crippen LogP contribution >= 0.6 is 0 Å². The van der Waals surface area contributed by atoms with Gasteiger partial charge >= 0.3 is 0 Å². The van der Waals surface area contributed by atoms with Crippen LogP contribution in [0.1, 0.15) is 53.7 Å². The Morgan fingerprint density at radius 2 is 1.79 bits per heavy atom. The number of ketones is 1. The summed E-state index contributed by atoms with van der Waals surface area (Å²) < 4.78 is 29.9. The molecule has 3 aromatic carbocycles. The van der Waals surface area contributed by atoms with Gasteiger partial charge in [-0.05, 0) is 98.8 Å². The fraction of sp³-hybridized carbons (Fsp3) is 0.289. The predicted octanol–water partition coefficient (Wildman–Crippen LogP) is 7.17. The van der Waals surface area contributed by atoms with E-state index in [2.05, 4.69) is 41.1 Å². The van der Waals surface area contributed by atoms with Crippen LogP contribution in [0.2, 0.25) is 0 Å². The number of hydrogen-bond acceptors (Lipinski definition) is 7. The lowest BCUT2D eigenvalue weighted by atomic mass is 9.99. The zero-order valence-electron chi connectivity index (χ0n) is 27.6. The minimum atomic E-state index is -0.441. The number of carbonyl (C=O) groups excluding carboxylic acids is 1. The summed E-state index contributed by atoms with van der Waals surface area (Å²) in [5.41, 5.74) is 12.9. The molecule has 0 unspecified atom stereocenters. The van der Waals surface area contributed by atoms with Gasteiger partial charge < -0.3 is 20.1 Å². The van der Waals surface area contributed by atoms with E-state index in [4.69, 9.17) is 15.2 Å².